The maximum Gasteiger partial charge on any atom is 1.00 e. The summed E-state index contributed by atoms with van der Waals surface area (Å²) in [5.41, 5.74) is 0. The predicted octanol–water partition coefficient (Wildman–Crippen LogP) is -4.28. The summed E-state index contributed by atoms with van der Waals surface area (Å²) in [5, 5.41) is 0. The molecule has 0 rings (SSSR count). The molecule has 0 unspecified atom stereocenters. The fourth-order valence-electron chi connectivity index (χ4n) is 0.791. The Labute approximate surface area is 105 Å². The van der Waals surface area contributed by atoms with Crippen molar-refractivity contribution >= 4 is 20.2 Å². The molecule has 0 N–H and O–H groups in total. The molecule has 0 aromatic carbocycles. The Bertz CT molecular complexity index is 218. The Morgan fingerprint density at radius 1 is 1.14 bits per heavy atom. The molecule has 0 radical (unpaired) electrons. The van der Waals surface area contributed by atoms with Crippen molar-refractivity contribution in [3.05, 3.63) is 0 Å². The topological polar surface area (TPSA) is 80.8 Å². The van der Waals surface area contributed by atoms with Gasteiger partial charge in [-0.15, -0.1) is 0 Å². The second kappa shape index (κ2) is 7.43. The minimum atomic E-state index is -3.70. The van der Waals surface area contributed by atoms with Crippen LogP contribution < -0.4 is 34.5 Å². The molecule has 0 aliphatic rings. The van der Waals surface area contributed by atoms with E-state index in [1.807, 2.05) is 0 Å². The molecule has 0 saturated carbocycles. The molecule has 0 fully saturated rings. The van der Waals surface area contributed by atoms with Crippen molar-refractivity contribution in [2.75, 3.05) is 26.7 Å². The van der Waals surface area contributed by atoms with Gasteiger partial charge in [0.2, 0.25) is 12.8 Å². The van der Waals surface area contributed by atoms with Crippen LogP contribution in [0.25, 0.3) is 0 Å². The molecule has 0 aromatic heterocycles. The van der Waals surface area contributed by atoms with Crippen molar-refractivity contribution in [3.63, 3.8) is 0 Å². The van der Waals surface area contributed by atoms with Crippen molar-refractivity contribution in [2.45, 2.75) is 0 Å². The zero-order valence-corrected chi connectivity index (χ0v) is 11.4. The van der Waals surface area contributed by atoms with Gasteiger partial charge in [-0.25, -0.2) is 0 Å². The van der Waals surface area contributed by atoms with Gasteiger partial charge in [-0.05, 0) is 0 Å². The van der Waals surface area contributed by atoms with Gasteiger partial charge in [-0.1, -0.05) is 0 Å². The molecule has 2 amide bonds. The molecule has 6 nitrogen and oxygen atoms in total. The number of hydrogen-bond donors (Lipinski definition) is 0. The summed E-state index contributed by atoms with van der Waals surface area (Å²) in [4.78, 5) is 33.4. The first-order valence-corrected chi connectivity index (χ1v) is 5.51. The smallest absolute Gasteiger partial charge is 0.797 e. The number of rotatable bonds is 6. The summed E-state index contributed by atoms with van der Waals surface area (Å²) in [6.45, 7) is 0. The molecule has 0 aromatic rings. The monoisotopic (exact) mass is 230 g/mol. The third kappa shape index (κ3) is 7.53. The van der Waals surface area contributed by atoms with E-state index in [1.165, 1.54) is 14.1 Å². The molecule has 76 valence electrons. The zero-order chi connectivity index (χ0) is 10.5. The first-order chi connectivity index (χ1) is 5.91. The molecule has 0 spiro atoms. The fourth-order valence-corrected chi connectivity index (χ4v) is 2.37. The van der Waals surface area contributed by atoms with Crippen LogP contribution in [0.2, 0.25) is 0 Å². The maximum absolute atomic E-state index is 11.2. The fraction of sp³-hybridized carbons (Fsp3) is 0.667. The van der Waals surface area contributed by atoms with Crippen LogP contribution in [0.3, 0.4) is 0 Å². The van der Waals surface area contributed by atoms with Gasteiger partial charge >= 0.3 is 29.6 Å². The molecule has 0 atom stereocenters. The van der Waals surface area contributed by atoms with Crippen LogP contribution in [0.5, 0.6) is 0 Å². The van der Waals surface area contributed by atoms with Crippen LogP contribution in [0, 0.1) is 0 Å². The van der Waals surface area contributed by atoms with Crippen molar-refractivity contribution in [2.24, 2.45) is 0 Å². The van der Waals surface area contributed by atoms with Crippen molar-refractivity contribution in [3.8, 4) is 0 Å². The van der Waals surface area contributed by atoms with Gasteiger partial charge in [0.05, 0.1) is 19.9 Å². The quantitative estimate of drug-likeness (QED) is 0.263. The number of amides is 2. The Kier molecular flexibility index (Phi) is 8.78. The zero-order valence-electron chi connectivity index (χ0n) is 8.54. The molecule has 0 heterocycles. The van der Waals surface area contributed by atoms with Crippen LogP contribution in [0.15, 0.2) is 0 Å². The average molecular weight is 230 g/mol. The summed E-state index contributed by atoms with van der Waals surface area (Å²) in [6, 6.07) is 0. The van der Waals surface area contributed by atoms with Crippen LogP contribution in [-0.2, 0) is 14.2 Å². The van der Waals surface area contributed by atoms with E-state index in [4.69, 9.17) is 0 Å². The second-order valence-corrected chi connectivity index (χ2v) is 5.02. The van der Waals surface area contributed by atoms with Gasteiger partial charge in [0.25, 0.3) is 0 Å². The Morgan fingerprint density at radius 3 is 1.64 bits per heavy atom. The third-order valence-electron chi connectivity index (χ3n) is 1.24. The van der Waals surface area contributed by atoms with E-state index in [0.29, 0.717) is 12.8 Å². The standard InChI is InChI=1S/C6H13N2O4P.Na/c1-7(3-9)5-13(11,12)6-8(2)4-10;/h3-4H,5-6H2,1-2H3,(H,11,12);/q;+1/p-1. The molecule has 0 bridgehead atoms. The minimum Gasteiger partial charge on any atom is -0.797 e. The average Bonchev–Trinajstić information content (AvgIpc) is 2.02. The van der Waals surface area contributed by atoms with E-state index >= 15 is 0 Å². The van der Waals surface area contributed by atoms with E-state index in [9.17, 15) is 19.0 Å². The SMILES string of the molecule is CN(C=O)CP(=O)([O-])CN(C)C=O.[Na+]. The summed E-state index contributed by atoms with van der Waals surface area (Å²) >= 11 is 0. The Balaban J connectivity index is 0. The Morgan fingerprint density at radius 2 is 1.43 bits per heavy atom. The molecule has 0 aliphatic carbocycles. The van der Waals surface area contributed by atoms with Gasteiger partial charge in [0, 0.05) is 14.1 Å². The molecule has 0 aliphatic heterocycles. The van der Waals surface area contributed by atoms with Crippen molar-refractivity contribution < 1.29 is 48.6 Å². The molecule has 14 heavy (non-hydrogen) atoms. The first kappa shape index (κ1) is 16.6. The summed E-state index contributed by atoms with van der Waals surface area (Å²) in [5.74, 6) is 0. The molecule has 8 heteroatoms. The van der Waals surface area contributed by atoms with Crippen molar-refractivity contribution in [1.82, 2.24) is 9.80 Å². The molecule has 0 saturated heterocycles. The summed E-state index contributed by atoms with van der Waals surface area (Å²) < 4.78 is 11.2. The van der Waals surface area contributed by atoms with Gasteiger partial charge in [0.1, 0.15) is 0 Å². The van der Waals surface area contributed by atoms with E-state index in [2.05, 4.69) is 0 Å². The van der Waals surface area contributed by atoms with Crippen LogP contribution in [0.1, 0.15) is 0 Å². The number of hydrogen-bond acceptors (Lipinski definition) is 4. The Hall–Kier alpha value is 0.130. The van der Waals surface area contributed by atoms with Crippen LogP contribution in [0.4, 0.5) is 0 Å². The van der Waals surface area contributed by atoms with Crippen molar-refractivity contribution in [1.29, 1.82) is 0 Å². The van der Waals surface area contributed by atoms with Crippen LogP contribution >= 0.6 is 7.37 Å². The second-order valence-electron chi connectivity index (χ2n) is 2.82. The van der Waals surface area contributed by atoms with Gasteiger partial charge in [-0.2, -0.15) is 0 Å². The van der Waals surface area contributed by atoms with Gasteiger partial charge in [-0.3, -0.25) is 9.59 Å². The number of carbonyl (C=O) groups excluding carboxylic acids is 2. The largest absolute Gasteiger partial charge is 1.00 e. The van der Waals surface area contributed by atoms with Gasteiger partial charge in [0.15, 0.2) is 0 Å². The normalized spacial score (nSPS) is 9.93. The predicted molar refractivity (Wildman–Crippen MR) is 45.0 cm³/mol. The first-order valence-electron chi connectivity index (χ1n) is 3.51. The minimum absolute atomic E-state index is 0. The van der Waals surface area contributed by atoms with E-state index in [1.54, 1.807) is 0 Å². The number of carbonyl (C=O) groups is 2. The van der Waals surface area contributed by atoms with E-state index < -0.39 is 7.37 Å². The van der Waals surface area contributed by atoms with Gasteiger partial charge < -0.3 is 19.3 Å². The maximum atomic E-state index is 11.2. The van der Waals surface area contributed by atoms with E-state index in [0.717, 1.165) is 9.80 Å². The third-order valence-corrected chi connectivity index (χ3v) is 2.99. The summed E-state index contributed by atoms with van der Waals surface area (Å²) in [7, 11) is -0.979. The molecular weight excluding hydrogens is 218 g/mol. The molecular formula is C6H12N2NaO4P. The van der Waals surface area contributed by atoms with E-state index in [-0.39, 0.29) is 42.1 Å². The summed E-state index contributed by atoms with van der Waals surface area (Å²) in [6.07, 6.45) is 0.139. The number of nitrogens with zero attached hydrogens (tertiary/aromatic N) is 2. The van der Waals surface area contributed by atoms with Crippen LogP contribution in [-0.4, -0.2) is 49.3 Å².